The second-order valence-electron chi connectivity index (χ2n) is 6.36. The van der Waals surface area contributed by atoms with Crippen molar-refractivity contribution in [1.29, 1.82) is 0 Å². The maximum Gasteiger partial charge on any atom is 0.293 e. The number of hydrogen-bond acceptors (Lipinski definition) is 5. The zero-order chi connectivity index (χ0) is 17.2. The predicted molar refractivity (Wildman–Crippen MR) is 90.8 cm³/mol. The quantitative estimate of drug-likeness (QED) is 0.731. The molecule has 0 bridgehead atoms. The van der Waals surface area contributed by atoms with E-state index in [-0.39, 0.29) is 11.8 Å². The lowest BCUT2D eigenvalue weighted by Crippen LogP contribution is -2.30. The second kappa shape index (κ2) is 6.55. The lowest BCUT2D eigenvalue weighted by Gasteiger charge is -2.16. The van der Waals surface area contributed by atoms with Gasteiger partial charge < -0.3 is 13.8 Å². The number of rotatable bonds is 4. The lowest BCUT2D eigenvalue weighted by molar-refractivity contribution is -0.129. The zero-order valence-electron chi connectivity index (χ0n) is 14.0. The summed E-state index contributed by atoms with van der Waals surface area (Å²) in [6, 6.07) is 11.6. The Morgan fingerprint density at radius 1 is 1.28 bits per heavy atom. The number of amides is 1. The van der Waals surface area contributed by atoms with Crippen molar-refractivity contribution < 1.29 is 13.7 Å². The molecular weight excluding hydrogens is 318 g/mol. The third-order valence-electron chi connectivity index (χ3n) is 4.68. The van der Waals surface area contributed by atoms with E-state index in [1.165, 1.54) is 0 Å². The fourth-order valence-corrected chi connectivity index (χ4v) is 3.18. The number of aryl methyl sites for hydroxylation is 1. The number of hydrogen-bond donors (Lipinski definition) is 0. The van der Waals surface area contributed by atoms with Crippen LogP contribution in [0.5, 0.6) is 0 Å². The molecule has 6 nitrogen and oxygen atoms in total. The molecule has 1 atom stereocenters. The van der Waals surface area contributed by atoms with Gasteiger partial charge in [0.2, 0.25) is 5.91 Å². The van der Waals surface area contributed by atoms with Gasteiger partial charge in [-0.25, -0.2) is 0 Å². The zero-order valence-corrected chi connectivity index (χ0v) is 14.0. The number of carbonyl (C=O) groups excluding carboxylic acids is 1. The molecular formula is C19H19N3O3. The van der Waals surface area contributed by atoms with E-state index in [0.29, 0.717) is 30.4 Å². The Hall–Kier alpha value is -2.89. The molecule has 0 saturated carbocycles. The van der Waals surface area contributed by atoms with Crippen LogP contribution in [-0.4, -0.2) is 34.0 Å². The van der Waals surface area contributed by atoms with Gasteiger partial charge in [0.15, 0.2) is 11.6 Å². The molecule has 1 fully saturated rings. The summed E-state index contributed by atoms with van der Waals surface area (Å²) >= 11 is 0. The van der Waals surface area contributed by atoms with Crippen molar-refractivity contribution in [2.45, 2.75) is 25.7 Å². The van der Waals surface area contributed by atoms with E-state index in [4.69, 9.17) is 8.94 Å². The van der Waals surface area contributed by atoms with Gasteiger partial charge in [0.1, 0.15) is 0 Å². The summed E-state index contributed by atoms with van der Waals surface area (Å²) in [6.07, 6.45) is 2.85. The van der Waals surface area contributed by atoms with Gasteiger partial charge in [-0.05, 0) is 36.6 Å². The summed E-state index contributed by atoms with van der Waals surface area (Å²) in [5.41, 5.74) is 2.23. The molecule has 25 heavy (non-hydrogen) atoms. The first kappa shape index (κ1) is 15.6. The highest BCUT2D eigenvalue weighted by atomic mass is 16.5. The minimum atomic E-state index is 0.105. The number of aromatic nitrogens is 2. The van der Waals surface area contributed by atoms with Crippen molar-refractivity contribution in [2.75, 3.05) is 13.1 Å². The molecule has 0 N–H and O–H groups in total. The second-order valence-corrected chi connectivity index (χ2v) is 6.36. The molecule has 1 amide bonds. The average molecular weight is 337 g/mol. The van der Waals surface area contributed by atoms with Crippen LogP contribution in [0.1, 0.15) is 29.3 Å². The smallest absolute Gasteiger partial charge is 0.293 e. The molecule has 0 unspecified atom stereocenters. The van der Waals surface area contributed by atoms with Crippen molar-refractivity contribution in [3.8, 4) is 11.7 Å². The first-order valence-electron chi connectivity index (χ1n) is 8.40. The molecule has 0 radical (unpaired) electrons. The Labute approximate surface area is 145 Å². The first-order chi connectivity index (χ1) is 12.2. The fourth-order valence-electron chi connectivity index (χ4n) is 3.18. The van der Waals surface area contributed by atoms with E-state index in [1.54, 1.807) is 18.4 Å². The van der Waals surface area contributed by atoms with Gasteiger partial charge >= 0.3 is 0 Å². The SMILES string of the molecule is Cc1ccccc1CC(=O)N1CC[C@H](c2noc(-c3ccco3)n2)C1. The van der Waals surface area contributed by atoms with Crippen LogP contribution in [0, 0.1) is 6.92 Å². The number of likely N-dealkylation sites (tertiary alicyclic amines) is 1. The topological polar surface area (TPSA) is 72.4 Å². The molecule has 1 saturated heterocycles. The van der Waals surface area contributed by atoms with Gasteiger partial charge in [-0.3, -0.25) is 4.79 Å². The van der Waals surface area contributed by atoms with Gasteiger partial charge in [0.25, 0.3) is 5.89 Å². The number of nitrogens with zero attached hydrogens (tertiary/aromatic N) is 3. The summed E-state index contributed by atoms with van der Waals surface area (Å²) in [7, 11) is 0. The fraction of sp³-hybridized carbons (Fsp3) is 0.316. The number of carbonyl (C=O) groups is 1. The molecule has 4 rings (SSSR count). The van der Waals surface area contributed by atoms with E-state index in [9.17, 15) is 4.79 Å². The van der Waals surface area contributed by atoms with Crippen LogP contribution in [-0.2, 0) is 11.2 Å². The molecule has 3 heterocycles. The van der Waals surface area contributed by atoms with E-state index < -0.39 is 0 Å². The molecule has 2 aromatic heterocycles. The Balaban J connectivity index is 1.41. The predicted octanol–water partition coefficient (Wildman–Crippen LogP) is 3.20. The standard InChI is InChI=1S/C19H19N3O3/c1-13-5-2-3-6-14(13)11-17(23)22-9-8-15(12-22)18-20-19(25-21-18)16-7-4-10-24-16/h2-7,10,15H,8-9,11-12H2,1H3/t15-/m0/s1. The minimum absolute atomic E-state index is 0.105. The van der Waals surface area contributed by atoms with Crippen LogP contribution < -0.4 is 0 Å². The van der Waals surface area contributed by atoms with E-state index >= 15 is 0 Å². The van der Waals surface area contributed by atoms with Crippen LogP contribution in [0.25, 0.3) is 11.7 Å². The summed E-state index contributed by atoms with van der Waals surface area (Å²) in [5.74, 6) is 1.83. The van der Waals surface area contributed by atoms with E-state index in [2.05, 4.69) is 10.1 Å². The maximum atomic E-state index is 12.6. The highest BCUT2D eigenvalue weighted by Gasteiger charge is 2.31. The third-order valence-corrected chi connectivity index (χ3v) is 4.68. The van der Waals surface area contributed by atoms with Crippen LogP contribution in [0.2, 0.25) is 0 Å². The Morgan fingerprint density at radius 3 is 2.96 bits per heavy atom. The van der Waals surface area contributed by atoms with E-state index in [1.807, 2.05) is 36.1 Å². The van der Waals surface area contributed by atoms with Crippen molar-refractivity contribution in [2.24, 2.45) is 0 Å². The summed E-state index contributed by atoms with van der Waals surface area (Å²) in [4.78, 5) is 18.9. The van der Waals surface area contributed by atoms with E-state index in [0.717, 1.165) is 24.1 Å². The van der Waals surface area contributed by atoms with Gasteiger partial charge in [-0.1, -0.05) is 29.4 Å². The molecule has 1 aromatic carbocycles. The Kier molecular flexibility index (Phi) is 4.09. The number of furan rings is 1. The number of benzene rings is 1. The molecule has 128 valence electrons. The molecule has 0 aliphatic carbocycles. The van der Waals surface area contributed by atoms with Crippen LogP contribution in [0.4, 0.5) is 0 Å². The van der Waals surface area contributed by atoms with Crippen molar-refractivity contribution in [1.82, 2.24) is 15.0 Å². The Bertz CT molecular complexity index is 870. The third kappa shape index (κ3) is 3.20. The van der Waals surface area contributed by atoms with Crippen molar-refractivity contribution >= 4 is 5.91 Å². The molecule has 1 aliphatic rings. The van der Waals surface area contributed by atoms with Crippen LogP contribution in [0.3, 0.4) is 0 Å². The first-order valence-corrected chi connectivity index (χ1v) is 8.40. The normalized spacial score (nSPS) is 17.2. The van der Waals surface area contributed by atoms with Gasteiger partial charge in [-0.15, -0.1) is 0 Å². The summed E-state index contributed by atoms with van der Waals surface area (Å²) < 4.78 is 10.5. The van der Waals surface area contributed by atoms with Crippen LogP contribution in [0.15, 0.2) is 51.6 Å². The van der Waals surface area contributed by atoms with Crippen molar-refractivity contribution in [3.63, 3.8) is 0 Å². The largest absolute Gasteiger partial charge is 0.459 e. The molecule has 1 aliphatic heterocycles. The lowest BCUT2D eigenvalue weighted by atomic mass is 10.1. The summed E-state index contributed by atoms with van der Waals surface area (Å²) in [5, 5.41) is 4.06. The Morgan fingerprint density at radius 2 is 2.16 bits per heavy atom. The highest BCUT2D eigenvalue weighted by molar-refractivity contribution is 5.79. The monoisotopic (exact) mass is 337 g/mol. The van der Waals surface area contributed by atoms with Crippen molar-refractivity contribution in [3.05, 3.63) is 59.6 Å². The highest BCUT2D eigenvalue weighted by Crippen LogP contribution is 2.28. The minimum Gasteiger partial charge on any atom is -0.459 e. The van der Waals surface area contributed by atoms with Gasteiger partial charge in [-0.2, -0.15) is 4.98 Å². The molecule has 3 aromatic rings. The summed E-state index contributed by atoms with van der Waals surface area (Å²) in [6.45, 7) is 3.38. The average Bonchev–Trinajstić information content (AvgIpc) is 3.36. The maximum absolute atomic E-state index is 12.6. The van der Waals surface area contributed by atoms with Crippen LogP contribution >= 0.6 is 0 Å². The molecule has 0 spiro atoms. The molecule has 6 heteroatoms. The van der Waals surface area contributed by atoms with Gasteiger partial charge in [0.05, 0.1) is 12.7 Å². The van der Waals surface area contributed by atoms with Gasteiger partial charge in [0, 0.05) is 19.0 Å².